The summed E-state index contributed by atoms with van der Waals surface area (Å²) in [7, 11) is 4.71. The SMILES string of the molecule is CC[C@H](C)[C@@H]([C@@H](CC(=O)N1CCC[C@H]1[C@H](OC)[C@@H](C)C(=O)N[C@@H](Cc1ccccc1)C(=O)O)OC)N(C)C(=O)[C@@H](NC(=O)[C@@H]1[C@H]2CC[C@@H]([C@H]2C)N1C(C)=O)C(C)C. The molecule has 0 unspecified atom stereocenters. The van der Waals surface area contributed by atoms with Gasteiger partial charge < -0.3 is 39.9 Å². The summed E-state index contributed by atoms with van der Waals surface area (Å²) in [6, 6.07) is 5.53. The van der Waals surface area contributed by atoms with E-state index in [-0.39, 0.29) is 66.2 Å². The second-order valence-corrected chi connectivity index (χ2v) is 16.9. The van der Waals surface area contributed by atoms with E-state index in [9.17, 15) is 33.9 Å². The molecule has 1 saturated carbocycles. The van der Waals surface area contributed by atoms with Crippen molar-refractivity contribution in [1.82, 2.24) is 25.3 Å². The average Bonchev–Trinajstić information content (AvgIpc) is 3.89. The summed E-state index contributed by atoms with van der Waals surface area (Å²) in [5.41, 5.74) is 0.778. The van der Waals surface area contributed by atoms with Gasteiger partial charge in [-0.3, -0.25) is 24.0 Å². The predicted octanol–water partition coefficient (Wildman–Crippen LogP) is 3.51. The van der Waals surface area contributed by atoms with Gasteiger partial charge in [0.1, 0.15) is 18.1 Å². The number of benzene rings is 1. The number of carboxylic acids is 1. The van der Waals surface area contributed by atoms with Crippen molar-refractivity contribution >= 4 is 35.5 Å². The number of aliphatic carboxylic acids is 1. The lowest BCUT2D eigenvalue weighted by atomic mass is 9.89. The fourth-order valence-electron chi connectivity index (χ4n) is 9.81. The third-order valence-electron chi connectivity index (χ3n) is 13.2. The zero-order chi connectivity index (χ0) is 42.3. The number of likely N-dealkylation sites (N-methyl/N-ethyl adjacent to an activating group) is 1. The first-order valence-electron chi connectivity index (χ1n) is 20.8. The molecule has 14 heteroatoms. The van der Waals surface area contributed by atoms with Crippen LogP contribution >= 0.6 is 0 Å². The third-order valence-corrected chi connectivity index (χ3v) is 13.2. The summed E-state index contributed by atoms with van der Waals surface area (Å²) in [4.78, 5) is 86.0. The van der Waals surface area contributed by atoms with Crippen molar-refractivity contribution in [3.63, 3.8) is 0 Å². The van der Waals surface area contributed by atoms with E-state index in [4.69, 9.17) is 9.47 Å². The number of rotatable bonds is 19. The van der Waals surface area contributed by atoms with Crippen LogP contribution in [0.4, 0.5) is 0 Å². The molecule has 0 aromatic heterocycles. The minimum Gasteiger partial charge on any atom is -0.480 e. The third kappa shape index (κ3) is 10.2. The highest BCUT2D eigenvalue weighted by molar-refractivity contribution is 5.93. The number of carboxylic acid groups (broad SMARTS) is 1. The van der Waals surface area contributed by atoms with Gasteiger partial charge in [-0.1, -0.05) is 78.3 Å². The molecule has 2 saturated heterocycles. The number of methoxy groups -OCH3 is 2. The molecule has 1 aliphatic carbocycles. The Labute approximate surface area is 338 Å². The minimum atomic E-state index is -1.15. The molecule has 1 aromatic rings. The number of nitrogens with zero attached hydrogens (tertiary/aromatic N) is 3. The maximum atomic E-state index is 14.4. The lowest BCUT2D eigenvalue weighted by Gasteiger charge is -2.41. The van der Waals surface area contributed by atoms with Crippen LogP contribution in [-0.4, -0.2) is 132 Å². The van der Waals surface area contributed by atoms with Crippen molar-refractivity contribution in [2.75, 3.05) is 27.8 Å². The van der Waals surface area contributed by atoms with Crippen molar-refractivity contribution < 1.29 is 43.3 Å². The zero-order valence-electron chi connectivity index (χ0n) is 35.6. The van der Waals surface area contributed by atoms with E-state index in [0.29, 0.717) is 25.8 Å². The molecule has 2 aliphatic heterocycles. The molecule has 3 N–H and O–H groups in total. The number of ether oxygens (including phenoxy) is 2. The molecule has 0 radical (unpaired) electrons. The van der Waals surface area contributed by atoms with Gasteiger partial charge in [-0.25, -0.2) is 4.79 Å². The molecule has 3 aliphatic rings. The molecule has 2 heterocycles. The fourth-order valence-corrected chi connectivity index (χ4v) is 9.81. The first-order chi connectivity index (χ1) is 27.0. The maximum absolute atomic E-state index is 14.4. The Balaban J connectivity index is 1.48. The Morgan fingerprint density at radius 3 is 2.19 bits per heavy atom. The van der Waals surface area contributed by atoms with Gasteiger partial charge in [-0.15, -0.1) is 0 Å². The molecule has 5 amide bonds. The average molecular weight is 798 g/mol. The second-order valence-electron chi connectivity index (χ2n) is 16.9. The number of carbonyl (C=O) groups excluding carboxylic acids is 5. The molecular weight excluding hydrogens is 730 g/mol. The number of likely N-dealkylation sites (tertiary alicyclic amines) is 2. The van der Waals surface area contributed by atoms with E-state index in [2.05, 4.69) is 17.6 Å². The van der Waals surface area contributed by atoms with Crippen LogP contribution in [0.1, 0.15) is 92.6 Å². The lowest BCUT2D eigenvalue weighted by Crippen LogP contribution is -2.60. The first kappa shape index (κ1) is 45.7. The summed E-state index contributed by atoms with van der Waals surface area (Å²) in [5, 5.41) is 15.6. The molecule has 4 rings (SSSR count). The van der Waals surface area contributed by atoms with E-state index in [0.717, 1.165) is 18.4 Å². The summed E-state index contributed by atoms with van der Waals surface area (Å²) < 4.78 is 11.9. The maximum Gasteiger partial charge on any atom is 0.326 e. The molecule has 2 bridgehead atoms. The van der Waals surface area contributed by atoms with Crippen LogP contribution < -0.4 is 10.6 Å². The van der Waals surface area contributed by atoms with E-state index < -0.39 is 60.2 Å². The normalized spacial score (nSPS) is 25.3. The number of amides is 5. The van der Waals surface area contributed by atoms with Gasteiger partial charge in [-0.2, -0.15) is 0 Å². The van der Waals surface area contributed by atoms with E-state index in [1.54, 1.807) is 28.7 Å². The van der Waals surface area contributed by atoms with Crippen LogP contribution in [-0.2, 0) is 44.7 Å². The van der Waals surface area contributed by atoms with E-state index >= 15 is 0 Å². The van der Waals surface area contributed by atoms with Crippen LogP contribution in [0.5, 0.6) is 0 Å². The summed E-state index contributed by atoms with van der Waals surface area (Å²) in [6.45, 7) is 13.5. The molecule has 0 spiro atoms. The van der Waals surface area contributed by atoms with E-state index in [1.807, 2.05) is 58.0 Å². The van der Waals surface area contributed by atoms with Crippen LogP contribution in [0.3, 0.4) is 0 Å². The highest BCUT2D eigenvalue weighted by atomic mass is 16.5. The van der Waals surface area contributed by atoms with Gasteiger partial charge in [0.15, 0.2) is 0 Å². The number of nitrogens with one attached hydrogen (secondary N) is 2. The second kappa shape index (κ2) is 20.1. The molecular formula is C43H67N5O9. The van der Waals surface area contributed by atoms with Crippen molar-refractivity contribution in [3.8, 4) is 0 Å². The summed E-state index contributed by atoms with van der Waals surface area (Å²) in [6.07, 6.45) is 2.41. The van der Waals surface area contributed by atoms with Crippen molar-refractivity contribution in [3.05, 3.63) is 35.9 Å². The highest BCUT2D eigenvalue weighted by Crippen LogP contribution is 2.47. The summed E-state index contributed by atoms with van der Waals surface area (Å²) in [5.74, 6) is -3.43. The fraction of sp³-hybridized carbons (Fsp3) is 0.721. The minimum absolute atomic E-state index is 0.0258. The Kier molecular flexibility index (Phi) is 16.1. The number of hydrogen-bond donors (Lipinski definition) is 3. The Morgan fingerprint density at radius 1 is 0.965 bits per heavy atom. The molecule has 3 fully saturated rings. The molecule has 318 valence electrons. The van der Waals surface area contributed by atoms with Gasteiger partial charge >= 0.3 is 5.97 Å². The lowest BCUT2D eigenvalue weighted by molar-refractivity contribution is -0.149. The zero-order valence-corrected chi connectivity index (χ0v) is 35.6. The number of hydrogen-bond acceptors (Lipinski definition) is 8. The molecule has 14 nitrogen and oxygen atoms in total. The van der Waals surface area contributed by atoms with Gasteiger partial charge in [0.25, 0.3) is 0 Å². The first-order valence-corrected chi connectivity index (χ1v) is 20.8. The highest BCUT2D eigenvalue weighted by Gasteiger charge is 2.55. The number of carbonyl (C=O) groups is 6. The topological polar surface area (TPSA) is 175 Å². The van der Waals surface area contributed by atoms with Gasteiger partial charge in [-0.05, 0) is 54.9 Å². The molecule has 57 heavy (non-hydrogen) atoms. The number of fused-ring (bicyclic) bond motifs is 2. The van der Waals surface area contributed by atoms with Crippen LogP contribution in [0, 0.1) is 29.6 Å². The van der Waals surface area contributed by atoms with Crippen molar-refractivity contribution in [2.24, 2.45) is 29.6 Å². The Morgan fingerprint density at radius 2 is 1.63 bits per heavy atom. The van der Waals surface area contributed by atoms with Crippen LogP contribution in [0.15, 0.2) is 30.3 Å². The summed E-state index contributed by atoms with van der Waals surface area (Å²) >= 11 is 0. The smallest absolute Gasteiger partial charge is 0.326 e. The molecule has 1 aromatic carbocycles. The van der Waals surface area contributed by atoms with Gasteiger partial charge in [0.05, 0.1) is 36.6 Å². The number of piperidine rings is 1. The Hall–Kier alpha value is -4.04. The monoisotopic (exact) mass is 797 g/mol. The van der Waals surface area contributed by atoms with Crippen molar-refractivity contribution in [1.29, 1.82) is 0 Å². The molecule has 12 atom stereocenters. The van der Waals surface area contributed by atoms with Crippen LogP contribution in [0.25, 0.3) is 0 Å². The quantitative estimate of drug-likeness (QED) is 0.189. The largest absolute Gasteiger partial charge is 0.480 e. The van der Waals surface area contributed by atoms with Gasteiger partial charge in [0, 0.05) is 47.2 Å². The standard InChI is InChI=1S/C43H67N5O9/c1-11-25(4)37(46(8)42(53)36(24(2)3)45-41(52)38-30-19-20-32(26(30)5)48(38)28(7)49)34(56-9)23-35(50)47-21-15-18-33(47)39(57-10)27(6)40(51)44-31(43(54)55)22-29-16-13-12-14-17-29/h12-14,16-17,24-27,30-34,36-39H,11,15,18-23H2,1-10H3,(H,44,51)(H,45,52)(H,54,55)/t25-,26-,27+,30-,31-,32-,33-,34+,36-,37-,38-,39+/m0/s1. The van der Waals surface area contributed by atoms with Gasteiger partial charge in [0.2, 0.25) is 29.5 Å². The predicted molar refractivity (Wildman–Crippen MR) is 215 cm³/mol. The van der Waals surface area contributed by atoms with E-state index in [1.165, 1.54) is 21.1 Å². The van der Waals surface area contributed by atoms with Crippen LogP contribution in [0.2, 0.25) is 0 Å². The Bertz CT molecular complexity index is 1570. The van der Waals surface area contributed by atoms with Crippen molar-refractivity contribution in [2.45, 2.75) is 142 Å².